The zero-order chi connectivity index (χ0) is 19.7. The molecule has 0 aliphatic carbocycles. The van der Waals surface area contributed by atoms with E-state index in [1.54, 1.807) is 12.1 Å². The highest BCUT2D eigenvalue weighted by Gasteiger charge is 2.29. The summed E-state index contributed by atoms with van der Waals surface area (Å²) in [6, 6.07) is 7.43. The van der Waals surface area contributed by atoms with Crippen LogP contribution >= 0.6 is 11.6 Å². The Labute approximate surface area is 164 Å². The SMILES string of the molecule is C=Nc1cc(Cl)c2c(Nc3ccc(F)cc3OC3COCC3O)ncnc2c1. The second kappa shape index (κ2) is 7.67. The van der Waals surface area contributed by atoms with Crippen molar-refractivity contribution >= 4 is 46.4 Å². The molecule has 2 heterocycles. The predicted molar refractivity (Wildman–Crippen MR) is 105 cm³/mol. The van der Waals surface area contributed by atoms with Crippen molar-refractivity contribution in [2.45, 2.75) is 12.2 Å². The summed E-state index contributed by atoms with van der Waals surface area (Å²) in [7, 11) is 0. The molecule has 1 fully saturated rings. The maximum Gasteiger partial charge on any atom is 0.150 e. The summed E-state index contributed by atoms with van der Waals surface area (Å²) >= 11 is 6.39. The van der Waals surface area contributed by atoms with E-state index in [2.05, 4.69) is 27.0 Å². The first-order chi connectivity index (χ1) is 13.5. The van der Waals surface area contributed by atoms with E-state index >= 15 is 0 Å². The zero-order valence-corrected chi connectivity index (χ0v) is 15.4. The number of hydrogen-bond acceptors (Lipinski definition) is 7. The molecule has 28 heavy (non-hydrogen) atoms. The molecule has 144 valence electrons. The van der Waals surface area contributed by atoms with Crippen LogP contribution < -0.4 is 10.1 Å². The van der Waals surface area contributed by atoms with Crippen molar-refractivity contribution in [1.82, 2.24) is 9.97 Å². The van der Waals surface area contributed by atoms with Gasteiger partial charge in [-0.15, -0.1) is 0 Å². The summed E-state index contributed by atoms with van der Waals surface area (Å²) in [6.07, 6.45) is 0.0107. The van der Waals surface area contributed by atoms with Gasteiger partial charge in [0.05, 0.1) is 40.5 Å². The minimum atomic E-state index is -0.782. The van der Waals surface area contributed by atoms with Crippen LogP contribution in [0.1, 0.15) is 0 Å². The standard InChI is InChI=1S/C19H16ClFN4O3/c1-22-11-5-12(20)18-14(6-11)23-9-24-19(18)25-13-3-2-10(21)4-16(13)28-17-8-27-7-15(17)26/h2-6,9,15,17,26H,1,7-8H2,(H,23,24,25). The first-order valence-electron chi connectivity index (χ1n) is 8.45. The third-order valence-electron chi connectivity index (χ3n) is 4.33. The van der Waals surface area contributed by atoms with Crippen LogP contribution in [0.25, 0.3) is 10.9 Å². The largest absolute Gasteiger partial charge is 0.483 e. The minimum Gasteiger partial charge on any atom is -0.483 e. The quantitative estimate of drug-likeness (QED) is 0.633. The van der Waals surface area contributed by atoms with Gasteiger partial charge < -0.3 is 19.9 Å². The lowest BCUT2D eigenvalue weighted by Gasteiger charge is -2.19. The number of nitrogens with zero attached hydrogens (tertiary/aromatic N) is 3. The number of aliphatic imine (C=N–C) groups is 1. The van der Waals surface area contributed by atoms with Gasteiger partial charge in [0.25, 0.3) is 0 Å². The normalized spacial score (nSPS) is 19.0. The average molecular weight is 403 g/mol. The first-order valence-corrected chi connectivity index (χ1v) is 8.83. The fourth-order valence-corrected chi connectivity index (χ4v) is 3.24. The van der Waals surface area contributed by atoms with E-state index in [9.17, 15) is 9.50 Å². The van der Waals surface area contributed by atoms with Gasteiger partial charge in [-0.1, -0.05) is 11.6 Å². The van der Waals surface area contributed by atoms with Crippen LogP contribution in [0, 0.1) is 5.82 Å². The molecular weight excluding hydrogens is 387 g/mol. The van der Waals surface area contributed by atoms with Gasteiger partial charge in [-0.3, -0.25) is 4.99 Å². The molecule has 2 aromatic carbocycles. The molecule has 1 aliphatic rings. The summed E-state index contributed by atoms with van der Waals surface area (Å²) in [5.41, 5.74) is 1.63. The van der Waals surface area contributed by atoms with E-state index in [4.69, 9.17) is 21.1 Å². The molecule has 4 rings (SSSR count). The molecule has 2 N–H and O–H groups in total. The van der Waals surface area contributed by atoms with Crippen LogP contribution in [-0.2, 0) is 4.74 Å². The number of halogens is 2. The summed E-state index contributed by atoms with van der Waals surface area (Å²) in [6.45, 7) is 3.89. The van der Waals surface area contributed by atoms with Crippen LogP contribution in [0.4, 0.5) is 21.6 Å². The molecular formula is C19H16ClFN4O3. The molecule has 1 aromatic heterocycles. The molecule has 2 unspecified atom stereocenters. The molecule has 0 saturated carbocycles. The Morgan fingerprint density at radius 2 is 2.14 bits per heavy atom. The van der Waals surface area contributed by atoms with Crippen LogP contribution in [0.3, 0.4) is 0 Å². The van der Waals surface area contributed by atoms with E-state index in [1.165, 1.54) is 24.5 Å². The Morgan fingerprint density at radius 3 is 2.89 bits per heavy atom. The van der Waals surface area contributed by atoms with Gasteiger partial charge in [0.2, 0.25) is 0 Å². The second-order valence-electron chi connectivity index (χ2n) is 6.23. The second-order valence-corrected chi connectivity index (χ2v) is 6.64. The summed E-state index contributed by atoms with van der Waals surface area (Å²) in [4.78, 5) is 12.3. The van der Waals surface area contributed by atoms with Crippen LogP contribution in [0.15, 0.2) is 41.7 Å². The number of fused-ring (bicyclic) bond motifs is 1. The van der Waals surface area contributed by atoms with Crippen molar-refractivity contribution in [3.63, 3.8) is 0 Å². The summed E-state index contributed by atoms with van der Waals surface area (Å²) < 4.78 is 24.8. The first kappa shape index (κ1) is 18.5. The van der Waals surface area contributed by atoms with Crippen molar-refractivity contribution in [2.75, 3.05) is 18.5 Å². The molecule has 1 saturated heterocycles. The predicted octanol–water partition coefficient (Wildman–Crippen LogP) is 3.64. The van der Waals surface area contributed by atoms with E-state index in [-0.39, 0.29) is 19.0 Å². The van der Waals surface area contributed by atoms with Crippen molar-refractivity contribution in [3.05, 3.63) is 47.5 Å². The average Bonchev–Trinajstić information content (AvgIpc) is 3.08. The number of hydrogen-bond donors (Lipinski definition) is 2. The fourth-order valence-electron chi connectivity index (χ4n) is 2.94. The van der Waals surface area contributed by atoms with Crippen LogP contribution in [0.2, 0.25) is 5.02 Å². The number of aromatic nitrogens is 2. The highest BCUT2D eigenvalue weighted by Crippen LogP contribution is 2.36. The Balaban J connectivity index is 1.72. The Bertz CT molecular complexity index is 1050. The molecule has 0 bridgehead atoms. The van der Waals surface area contributed by atoms with Crippen LogP contribution in [0.5, 0.6) is 5.75 Å². The summed E-state index contributed by atoms with van der Waals surface area (Å²) in [5.74, 6) is 0.174. The molecule has 0 amide bonds. The smallest absolute Gasteiger partial charge is 0.150 e. The maximum atomic E-state index is 13.8. The number of rotatable bonds is 5. The Hall–Kier alpha value is -2.81. The molecule has 0 spiro atoms. The van der Waals surface area contributed by atoms with Gasteiger partial charge in [-0.2, -0.15) is 0 Å². The van der Waals surface area contributed by atoms with Crippen molar-refractivity contribution in [3.8, 4) is 5.75 Å². The highest BCUT2D eigenvalue weighted by molar-refractivity contribution is 6.36. The lowest BCUT2D eigenvalue weighted by atomic mass is 10.2. The molecule has 0 radical (unpaired) electrons. The van der Waals surface area contributed by atoms with E-state index in [0.29, 0.717) is 33.1 Å². The number of benzene rings is 2. The minimum absolute atomic E-state index is 0.175. The number of ether oxygens (including phenoxy) is 2. The number of nitrogens with one attached hydrogen (secondary N) is 1. The zero-order valence-electron chi connectivity index (χ0n) is 14.6. The number of aliphatic hydroxyl groups is 1. The molecule has 1 aliphatic heterocycles. The van der Waals surface area contributed by atoms with Gasteiger partial charge in [-0.25, -0.2) is 14.4 Å². The van der Waals surface area contributed by atoms with Crippen molar-refractivity contribution in [2.24, 2.45) is 4.99 Å². The molecule has 7 nitrogen and oxygen atoms in total. The third-order valence-corrected chi connectivity index (χ3v) is 4.63. The Morgan fingerprint density at radius 1 is 1.29 bits per heavy atom. The van der Waals surface area contributed by atoms with Gasteiger partial charge in [0.1, 0.15) is 29.8 Å². The van der Waals surface area contributed by atoms with E-state index in [1.807, 2.05) is 0 Å². The van der Waals surface area contributed by atoms with Gasteiger partial charge >= 0.3 is 0 Å². The third kappa shape index (κ3) is 3.62. The van der Waals surface area contributed by atoms with Crippen molar-refractivity contribution < 1.29 is 19.0 Å². The molecule has 3 aromatic rings. The van der Waals surface area contributed by atoms with Gasteiger partial charge in [0.15, 0.2) is 6.10 Å². The lowest BCUT2D eigenvalue weighted by Crippen LogP contribution is -2.30. The number of anilines is 2. The Kier molecular flexibility index (Phi) is 5.08. The topological polar surface area (TPSA) is 88.9 Å². The van der Waals surface area contributed by atoms with Crippen LogP contribution in [-0.4, -0.2) is 47.2 Å². The monoisotopic (exact) mass is 402 g/mol. The lowest BCUT2D eigenvalue weighted by molar-refractivity contribution is 0.0736. The fraction of sp³-hybridized carbons (Fsp3) is 0.211. The van der Waals surface area contributed by atoms with E-state index < -0.39 is 18.0 Å². The molecule has 2 atom stereocenters. The van der Waals surface area contributed by atoms with Crippen molar-refractivity contribution in [1.29, 1.82) is 0 Å². The number of aliphatic hydroxyl groups excluding tert-OH is 1. The highest BCUT2D eigenvalue weighted by atomic mass is 35.5. The van der Waals surface area contributed by atoms with Gasteiger partial charge in [-0.05, 0) is 31.0 Å². The maximum absolute atomic E-state index is 13.8. The summed E-state index contributed by atoms with van der Waals surface area (Å²) in [5, 5.41) is 14.0. The molecule has 9 heteroatoms. The van der Waals surface area contributed by atoms with Gasteiger partial charge in [0, 0.05) is 6.07 Å². The van der Waals surface area contributed by atoms with E-state index in [0.717, 1.165) is 0 Å².